The number of fused-ring (bicyclic) bond motifs is 4. The molecule has 0 radical (unpaired) electrons. The fourth-order valence-electron chi connectivity index (χ4n) is 6.59. The van der Waals surface area contributed by atoms with Gasteiger partial charge in [0.1, 0.15) is 38.8 Å². The minimum Gasteiger partial charge on any atom is -0.504 e. The highest BCUT2D eigenvalue weighted by atomic mass is 35.5. The van der Waals surface area contributed by atoms with Crippen molar-refractivity contribution in [3.63, 3.8) is 0 Å². The molecule has 1 fully saturated rings. The van der Waals surface area contributed by atoms with Crippen LogP contribution in [0.15, 0.2) is 47.8 Å². The van der Waals surface area contributed by atoms with Crippen LogP contribution in [0.4, 0.5) is 11.4 Å². The number of hydrogen-bond donors (Lipinski definition) is 4. The molecule has 14 nitrogen and oxygen atoms in total. The summed E-state index contributed by atoms with van der Waals surface area (Å²) in [5.41, 5.74) is 6.90. The number of halogens is 8. The maximum atomic E-state index is 10.2. The Kier molecular flexibility index (Phi) is 16.9. The number of phenols is 4. The molecule has 22 heteroatoms. The maximum absolute atomic E-state index is 10.2. The van der Waals surface area contributed by atoms with Crippen LogP contribution in [0.1, 0.15) is 29.9 Å². The van der Waals surface area contributed by atoms with E-state index in [-0.39, 0.29) is 43.1 Å². The number of aliphatic imine (C=N–C) groups is 1. The zero-order valence-electron chi connectivity index (χ0n) is 36.1. The number of aryl methyl sites for hydroxylation is 2. The Labute approximate surface area is 420 Å². The van der Waals surface area contributed by atoms with Crippen LogP contribution in [-0.2, 0) is 6.54 Å². The van der Waals surface area contributed by atoms with E-state index in [0.717, 1.165) is 48.3 Å². The van der Waals surface area contributed by atoms with Crippen molar-refractivity contribution in [3.8, 4) is 23.0 Å². The molecule has 0 atom stereocenters. The second kappa shape index (κ2) is 21.8. The second-order valence-electron chi connectivity index (χ2n) is 15.9. The molecule has 0 spiro atoms. The van der Waals surface area contributed by atoms with Gasteiger partial charge in [-0.15, -0.1) is 0 Å². The van der Waals surface area contributed by atoms with E-state index >= 15 is 0 Å². The van der Waals surface area contributed by atoms with Crippen LogP contribution in [0.25, 0.3) is 33.1 Å². The number of nitrogens with zero attached hydrogens (tertiary/aromatic N) is 10. The zero-order valence-corrected chi connectivity index (χ0v) is 42.2. The monoisotopic (exact) mass is 1050 g/mol. The molecule has 9 rings (SSSR count). The lowest BCUT2D eigenvalue weighted by Gasteiger charge is -2.32. The summed E-state index contributed by atoms with van der Waals surface area (Å²) in [4.78, 5) is 35.7. The van der Waals surface area contributed by atoms with Gasteiger partial charge in [-0.05, 0) is 85.1 Å². The third-order valence-electron chi connectivity index (χ3n) is 9.67. The number of hydrogen-bond acceptors (Lipinski definition) is 14. The van der Waals surface area contributed by atoms with E-state index in [1.807, 2.05) is 33.1 Å². The minimum atomic E-state index is -0.0847. The van der Waals surface area contributed by atoms with Gasteiger partial charge in [0.2, 0.25) is 0 Å². The molecular weight excluding hydrogens is 1020 g/mol. The van der Waals surface area contributed by atoms with Crippen molar-refractivity contribution in [3.05, 3.63) is 100 Å². The van der Waals surface area contributed by atoms with Crippen LogP contribution in [0.2, 0.25) is 40.2 Å². The predicted octanol–water partition coefficient (Wildman–Crippen LogP) is 12.2. The summed E-state index contributed by atoms with van der Waals surface area (Å²) in [6, 6.07) is 5.96. The molecule has 7 aromatic rings. The lowest BCUT2D eigenvalue weighted by Crippen LogP contribution is -2.38. The first-order chi connectivity index (χ1) is 31.1. The standard InChI is InChI=1S/C15H19Cl2N3O.C11H11Cl2N3O.2C9H6Cl2N2O/c1-19(2)7-10-8-20(6-9-3-4-9)14-11(16)5-12(17)15(21)13(14)18-10;1-16(2)5-6-4-14-9-7(12)3-8(13)11(17)10(9)15-6;1-4-3-12-8-7(13-4)5(10)2-6(11)9(8)14;1-4-3-12-7-5(10)2-6(11)9(14)8(7)13-4/h5,9,21H,3-4,6-8H2,1-2H3;3-4,17H,5H2,1-2H3;2*2-3,14H,1H3. The number of aromatic hydroxyl groups is 4. The van der Waals surface area contributed by atoms with Crippen molar-refractivity contribution in [2.24, 2.45) is 10.9 Å². The molecule has 4 aromatic carbocycles. The van der Waals surface area contributed by atoms with E-state index in [9.17, 15) is 20.4 Å². The van der Waals surface area contributed by atoms with Crippen molar-refractivity contribution in [1.29, 1.82) is 0 Å². The molecule has 1 aliphatic carbocycles. The molecule has 3 aromatic heterocycles. The molecule has 4 heterocycles. The Morgan fingerprint density at radius 3 is 1.50 bits per heavy atom. The summed E-state index contributed by atoms with van der Waals surface area (Å²) in [6.07, 6.45) is 7.31. The Hall–Kier alpha value is -4.19. The fourth-order valence-corrected chi connectivity index (χ4v) is 8.66. The van der Waals surface area contributed by atoms with Crippen molar-refractivity contribution >= 4 is 143 Å². The van der Waals surface area contributed by atoms with Gasteiger partial charge in [0, 0.05) is 32.0 Å². The Morgan fingerprint density at radius 1 is 0.530 bits per heavy atom. The van der Waals surface area contributed by atoms with Crippen molar-refractivity contribution in [1.82, 2.24) is 39.7 Å². The minimum absolute atomic E-state index is 0.0211. The number of benzene rings is 4. The first kappa shape index (κ1) is 51.2. The molecule has 4 N–H and O–H groups in total. The van der Waals surface area contributed by atoms with Crippen LogP contribution in [0.5, 0.6) is 23.0 Å². The largest absolute Gasteiger partial charge is 0.504 e. The Morgan fingerprint density at radius 2 is 0.970 bits per heavy atom. The van der Waals surface area contributed by atoms with E-state index in [1.165, 1.54) is 31.0 Å². The summed E-state index contributed by atoms with van der Waals surface area (Å²) in [5, 5.41) is 41.8. The topological polar surface area (TPSA) is 180 Å². The highest BCUT2D eigenvalue weighted by molar-refractivity contribution is 6.41. The first-order valence-electron chi connectivity index (χ1n) is 19.9. The van der Waals surface area contributed by atoms with Crippen molar-refractivity contribution in [2.45, 2.75) is 33.2 Å². The summed E-state index contributed by atoms with van der Waals surface area (Å²) < 4.78 is 0. The fraction of sp³-hybridized carbons (Fsp3) is 0.295. The zero-order chi connectivity index (χ0) is 48.3. The Bertz CT molecular complexity index is 2990. The van der Waals surface area contributed by atoms with Crippen LogP contribution in [-0.4, -0.2) is 114 Å². The number of anilines is 1. The van der Waals surface area contributed by atoms with Crippen molar-refractivity contribution in [2.75, 3.05) is 52.7 Å². The summed E-state index contributed by atoms with van der Waals surface area (Å²) in [7, 11) is 7.87. The van der Waals surface area contributed by atoms with Crippen LogP contribution in [0, 0.1) is 19.8 Å². The van der Waals surface area contributed by atoms with Gasteiger partial charge in [0.05, 0.1) is 81.4 Å². The van der Waals surface area contributed by atoms with Gasteiger partial charge in [0.25, 0.3) is 0 Å². The lowest BCUT2D eigenvalue weighted by atomic mass is 10.1. The third kappa shape index (κ3) is 12.3. The van der Waals surface area contributed by atoms with E-state index in [4.69, 9.17) is 92.8 Å². The smallest absolute Gasteiger partial charge is 0.162 e. The normalized spacial score (nSPS) is 13.2. The van der Waals surface area contributed by atoms with E-state index in [0.29, 0.717) is 71.1 Å². The van der Waals surface area contributed by atoms with E-state index < -0.39 is 0 Å². The summed E-state index contributed by atoms with van der Waals surface area (Å²) >= 11 is 47.5. The average molecular weight is 1060 g/mol. The third-order valence-corrected chi connectivity index (χ3v) is 12.0. The van der Waals surface area contributed by atoms with Gasteiger partial charge >= 0.3 is 0 Å². The molecule has 0 saturated heterocycles. The van der Waals surface area contributed by atoms with Gasteiger partial charge in [-0.25, -0.2) is 24.9 Å². The van der Waals surface area contributed by atoms with E-state index in [2.05, 4.69) is 44.7 Å². The molecule has 0 amide bonds. The summed E-state index contributed by atoms with van der Waals surface area (Å²) in [6.45, 7) is 6.68. The highest BCUT2D eigenvalue weighted by Crippen LogP contribution is 2.49. The van der Waals surface area contributed by atoms with Crippen molar-refractivity contribution < 1.29 is 20.4 Å². The molecule has 0 unspecified atom stereocenters. The van der Waals surface area contributed by atoms with Crippen LogP contribution in [0.3, 0.4) is 0 Å². The average Bonchev–Trinajstić information content (AvgIpc) is 4.07. The number of rotatable bonds is 6. The van der Waals surface area contributed by atoms with Gasteiger partial charge < -0.3 is 35.1 Å². The van der Waals surface area contributed by atoms with Gasteiger partial charge in [-0.2, -0.15) is 0 Å². The molecule has 2 aliphatic rings. The highest BCUT2D eigenvalue weighted by Gasteiger charge is 2.31. The lowest BCUT2D eigenvalue weighted by molar-refractivity contribution is 0.396. The number of aromatic nitrogens is 6. The van der Waals surface area contributed by atoms with Gasteiger partial charge in [0.15, 0.2) is 23.0 Å². The summed E-state index contributed by atoms with van der Waals surface area (Å²) in [5.74, 6) is 0.498. The molecule has 0 bridgehead atoms. The maximum Gasteiger partial charge on any atom is 0.162 e. The predicted molar refractivity (Wildman–Crippen MR) is 269 cm³/mol. The molecular formula is C44H42Cl8N10O4. The first-order valence-corrected chi connectivity index (χ1v) is 22.9. The number of phenolic OH excluding ortho intramolecular Hbond substituents is 4. The molecule has 348 valence electrons. The molecule has 1 aliphatic heterocycles. The van der Waals surface area contributed by atoms with Crippen LogP contribution >= 0.6 is 92.8 Å². The van der Waals surface area contributed by atoms with Gasteiger partial charge in [-0.3, -0.25) is 9.97 Å². The SMILES string of the molecule is CN(C)CC1=Nc2c(O)c(Cl)cc(Cl)c2N(CC2CC2)C1.CN(C)Cc1cnc2c(Cl)cc(Cl)c(O)c2n1.Cc1cnc2c(Cl)cc(Cl)c(O)c2n1.Cc1cnc2c(O)c(Cl)cc(Cl)c2n1. The van der Waals surface area contributed by atoms with E-state index in [1.54, 1.807) is 38.5 Å². The van der Waals surface area contributed by atoms with Crippen LogP contribution < -0.4 is 4.90 Å². The molecule has 66 heavy (non-hydrogen) atoms. The quantitative estimate of drug-likeness (QED) is 0.124. The molecule has 1 saturated carbocycles. The second-order valence-corrected chi connectivity index (χ2v) is 19.2. The van der Waals surface area contributed by atoms with Gasteiger partial charge in [-0.1, -0.05) is 92.8 Å². The Balaban J connectivity index is 0.000000148.